The van der Waals surface area contributed by atoms with Gasteiger partial charge in [0.25, 0.3) is 5.91 Å². The summed E-state index contributed by atoms with van der Waals surface area (Å²) in [5, 5.41) is 5.53. The van der Waals surface area contributed by atoms with Crippen LogP contribution in [0.5, 0.6) is 0 Å². The Balaban J connectivity index is 2.02. The van der Waals surface area contributed by atoms with Gasteiger partial charge in [0.15, 0.2) is 5.69 Å². The van der Waals surface area contributed by atoms with Gasteiger partial charge in [-0.15, -0.1) is 0 Å². The van der Waals surface area contributed by atoms with Crippen molar-refractivity contribution in [3.63, 3.8) is 0 Å². The van der Waals surface area contributed by atoms with Crippen molar-refractivity contribution in [2.24, 2.45) is 0 Å². The Labute approximate surface area is 168 Å². The normalized spacial score (nSPS) is 12.1. The molecule has 0 saturated carbocycles. The summed E-state index contributed by atoms with van der Waals surface area (Å²) in [6, 6.07) is 6.21. The third-order valence-corrected chi connectivity index (χ3v) is 4.15. The van der Waals surface area contributed by atoms with Gasteiger partial charge in [-0.05, 0) is 42.5 Å². The van der Waals surface area contributed by atoms with Crippen molar-refractivity contribution in [1.29, 1.82) is 0 Å². The van der Waals surface area contributed by atoms with Crippen molar-refractivity contribution in [2.45, 2.75) is 12.4 Å². The molecule has 30 heavy (non-hydrogen) atoms. The summed E-state index contributed by atoms with van der Waals surface area (Å²) in [7, 11) is 0. The average molecular weight is 452 g/mol. The smallest absolute Gasteiger partial charge is 0.319 e. The number of anilines is 1. The van der Waals surface area contributed by atoms with Crippen LogP contribution in [-0.4, -0.2) is 15.7 Å². The van der Waals surface area contributed by atoms with Crippen molar-refractivity contribution < 1.29 is 35.5 Å². The fourth-order valence-corrected chi connectivity index (χ4v) is 2.68. The number of carbonyl (C=O) groups excluding carboxylic acids is 1. The fraction of sp³-hybridized carbons (Fsp3) is 0.111. The number of halogens is 8. The number of aromatic nitrogens is 2. The van der Waals surface area contributed by atoms with Crippen LogP contribution < -0.4 is 5.32 Å². The first kappa shape index (κ1) is 21.6. The van der Waals surface area contributed by atoms with Crippen LogP contribution in [0, 0.1) is 5.82 Å². The second kappa shape index (κ2) is 7.63. The second-order valence-corrected chi connectivity index (χ2v) is 6.38. The van der Waals surface area contributed by atoms with E-state index < -0.39 is 46.6 Å². The highest BCUT2D eigenvalue weighted by molar-refractivity contribution is 6.30. The van der Waals surface area contributed by atoms with E-state index in [-0.39, 0.29) is 16.8 Å². The zero-order valence-electron chi connectivity index (χ0n) is 14.4. The number of rotatable bonds is 3. The molecule has 4 nitrogen and oxygen atoms in total. The topological polar surface area (TPSA) is 46.9 Å². The van der Waals surface area contributed by atoms with Crippen LogP contribution in [0.15, 0.2) is 48.7 Å². The monoisotopic (exact) mass is 451 g/mol. The maximum absolute atomic E-state index is 13.8. The fourth-order valence-electron chi connectivity index (χ4n) is 2.55. The SMILES string of the molecule is O=C(Nc1cc(C(F)(F)F)ccc1F)c1cnn(-c2ccc(Cl)cc2)c1C(F)(F)F. The summed E-state index contributed by atoms with van der Waals surface area (Å²) in [5.74, 6) is -2.74. The molecule has 1 heterocycles. The largest absolute Gasteiger partial charge is 0.434 e. The Morgan fingerprint density at radius 1 is 0.967 bits per heavy atom. The molecule has 0 saturated heterocycles. The average Bonchev–Trinajstić information content (AvgIpc) is 3.09. The number of nitrogens with one attached hydrogen (secondary N) is 1. The molecular formula is C18H9ClF7N3O. The molecule has 0 aliphatic carbocycles. The molecule has 0 atom stereocenters. The standard InChI is InChI=1S/C18H9ClF7N3O/c19-10-2-4-11(5-3-10)29-15(18(24,25)26)12(8-27-29)16(30)28-14-7-9(17(21,22)23)1-6-13(14)20/h1-8H,(H,28,30). The quantitative estimate of drug-likeness (QED) is 0.500. The Hall–Kier alpha value is -3.08. The summed E-state index contributed by atoms with van der Waals surface area (Å²) in [6.45, 7) is 0. The van der Waals surface area contributed by atoms with Gasteiger partial charge in [-0.1, -0.05) is 11.6 Å². The molecule has 1 aromatic heterocycles. The first-order chi connectivity index (χ1) is 13.9. The minimum Gasteiger partial charge on any atom is -0.319 e. The van der Waals surface area contributed by atoms with E-state index in [4.69, 9.17) is 11.6 Å². The van der Waals surface area contributed by atoms with Crippen molar-refractivity contribution >= 4 is 23.2 Å². The van der Waals surface area contributed by atoms with Gasteiger partial charge in [0.2, 0.25) is 0 Å². The minimum absolute atomic E-state index is 0.0731. The van der Waals surface area contributed by atoms with Crippen molar-refractivity contribution in [3.05, 3.63) is 76.3 Å². The van der Waals surface area contributed by atoms with Crippen LogP contribution in [-0.2, 0) is 12.4 Å². The van der Waals surface area contributed by atoms with Gasteiger partial charge >= 0.3 is 12.4 Å². The maximum atomic E-state index is 13.8. The van der Waals surface area contributed by atoms with E-state index in [1.165, 1.54) is 24.3 Å². The van der Waals surface area contributed by atoms with Gasteiger partial charge in [-0.3, -0.25) is 4.79 Å². The number of hydrogen-bond acceptors (Lipinski definition) is 2. The molecule has 3 aromatic rings. The molecule has 0 bridgehead atoms. The number of nitrogens with zero attached hydrogens (tertiary/aromatic N) is 2. The highest BCUT2D eigenvalue weighted by Crippen LogP contribution is 2.35. The van der Waals surface area contributed by atoms with Crippen molar-refractivity contribution in [1.82, 2.24) is 9.78 Å². The first-order valence-electron chi connectivity index (χ1n) is 7.97. The molecule has 0 fully saturated rings. The highest BCUT2D eigenvalue weighted by atomic mass is 35.5. The third-order valence-electron chi connectivity index (χ3n) is 3.90. The molecular weight excluding hydrogens is 443 g/mol. The predicted molar refractivity (Wildman–Crippen MR) is 92.9 cm³/mol. The van der Waals surface area contributed by atoms with Crippen LogP contribution >= 0.6 is 11.6 Å². The second-order valence-electron chi connectivity index (χ2n) is 5.94. The number of hydrogen-bond donors (Lipinski definition) is 1. The summed E-state index contributed by atoms with van der Waals surface area (Å²) < 4.78 is 93.5. The van der Waals surface area contributed by atoms with Crippen LogP contribution in [0.4, 0.5) is 36.4 Å². The lowest BCUT2D eigenvalue weighted by Crippen LogP contribution is -2.21. The molecule has 3 rings (SSSR count). The van der Waals surface area contributed by atoms with E-state index in [1.807, 2.05) is 0 Å². The number of benzene rings is 2. The van der Waals surface area contributed by atoms with Gasteiger partial charge < -0.3 is 5.32 Å². The lowest BCUT2D eigenvalue weighted by atomic mass is 10.1. The predicted octanol–water partition coefficient (Wildman–Crippen LogP) is 5.95. The van der Waals surface area contributed by atoms with Crippen LogP contribution in [0.3, 0.4) is 0 Å². The zero-order valence-corrected chi connectivity index (χ0v) is 15.2. The van der Waals surface area contributed by atoms with E-state index in [9.17, 15) is 35.5 Å². The van der Waals surface area contributed by atoms with E-state index in [0.717, 1.165) is 0 Å². The van der Waals surface area contributed by atoms with Crippen LogP contribution in [0.1, 0.15) is 21.6 Å². The van der Waals surface area contributed by atoms with Gasteiger partial charge in [0, 0.05) is 5.02 Å². The first-order valence-corrected chi connectivity index (χ1v) is 8.35. The number of carbonyl (C=O) groups is 1. The lowest BCUT2D eigenvalue weighted by molar-refractivity contribution is -0.143. The van der Waals surface area contributed by atoms with E-state index >= 15 is 0 Å². The summed E-state index contributed by atoms with van der Waals surface area (Å²) in [4.78, 5) is 12.4. The maximum Gasteiger partial charge on any atom is 0.434 e. The van der Waals surface area contributed by atoms with Crippen LogP contribution in [0.2, 0.25) is 5.02 Å². The van der Waals surface area contributed by atoms with Crippen LogP contribution in [0.25, 0.3) is 5.69 Å². The van der Waals surface area contributed by atoms with Gasteiger partial charge in [0.05, 0.1) is 28.7 Å². The molecule has 0 radical (unpaired) electrons. The van der Waals surface area contributed by atoms with E-state index in [1.54, 1.807) is 5.32 Å². The number of alkyl halides is 6. The zero-order chi connectivity index (χ0) is 22.3. The molecule has 0 aliphatic rings. The summed E-state index contributed by atoms with van der Waals surface area (Å²) >= 11 is 5.70. The molecule has 0 unspecified atom stereocenters. The molecule has 0 spiro atoms. The third kappa shape index (κ3) is 4.40. The highest BCUT2D eigenvalue weighted by Gasteiger charge is 2.41. The molecule has 158 valence electrons. The summed E-state index contributed by atoms with van der Waals surface area (Å²) in [5.41, 5.74) is -4.78. The molecule has 1 amide bonds. The number of amides is 1. The molecule has 12 heteroatoms. The Bertz CT molecular complexity index is 1090. The summed E-state index contributed by atoms with van der Waals surface area (Å²) in [6.07, 6.45) is -9.32. The van der Waals surface area contributed by atoms with Gasteiger partial charge in [-0.2, -0.15) is 31.4 Å². The lowest BCUT2D eigenvalue weighted by Gasteiger charge is -2.14. The Morgan fingerprint density at radius 2 is 1.60 bits per heavy atom. The van der Waals surface area contributed by atoms with E-state index in [0.29, 0.717) is 23.0 Å². The Kier molecular flexibility index (Phi) is 5.50. The molecule has 2 aromatic carbocycles. The Morgan fingerprint density at radius 3 is 2.17 bits per heavy atom. The molecule has 1 N–H and O–H groups in total. The van der Waals surface area contributed by atoms with Gasteiger partial charge in [0.1, 0.15) is 5.82 Å². The van der Waals surface area contributed by atoms with E-state index in [2.05, 4.69) is 5.10 Å². The van der Waals surface area contributed by atoms with Gasteiger partial charge in [-0.25, -0.2) is 9.07 Å². The minimum atomic E-state index is -5.06. The molecule has 0 aliphatic heterocycles. The van der Waals surface area contributed by atoms with Crippen molar-refractivity contribution in [2.75, 3.05) is 5.32 Å². The van der Waals surface area contributed by atoms with Crippen molar-refractivity contribution in [3.8, 4) is 5.69 Å².